The number of hydrogen-bond acceptors (Lipinski definition) is 7. The number of sulfone groups is 1. The van der Waals surface area contributed by atoms with Crippen LogP contribution in [0, 0.1) is 6.92 Å². The predicted octanol–water partition coefficient (Wildman–Crippen LogP) is 3.99. The highest BCUT2D eigenvalue weighted by Crippen LogP contribution is 2.37. The summed E-state index contributed by atoms with van der Waals surface area (Å²) in [6.45, 7) is 8.54. The highest BCUT2D eigenvalue weighted by molar-refractivity contribution is 7.91. The first-order valence-corrected chi connectivity index (χ1v) is 15.6. The van der Waals surface area contributed by atoms with Crippen molar-refractivity contribution in [3.63, 3.8) is 0 Å². The number of rotatable bonds is 9. The summed E-state index contributed by atoms with van der Waals surface area (Å²) in [4.78, 5) is 19.8. The van der Waals surface area contributed by atoms with E-state index in [4.69, 9.17) is 0 Å². The lowest BCUT2D eigenvalue weighted by molar-refractivity contribution is -0.138. The molecule has 1 aliphatic heterocycles. The van der Waals surface area contributed by atoms with Crippen molar-refractivity contribution < 1.29 is 36.6 Å². The van der Waals surface area contributed by atoms with Crippen molar-refractivity contribution in [2.75, 3.05) is 30.3 Å². The van der Waals surface area contributed by atoms with Gasteiger partial charge in [-0.05, 0) is 42.3 Å². The highest BCUT2D eigenvalue weighted by Gasteiger charge is 2.36. The van der Waals surface area contributed by atoms with Crippen molar-refractivity contribution in [1.29, 1.82) is 0 Å². The summed E-state index contributed by atoms with van der Waals surface area (Å²) in [7, 11) is -3.43. The largest absolute Gasteiger partial charge is 0.416 e. The van der Waals surface area contributed by atoms with Crippen LogP contribution < -0.4 is 10.2 Å². The summed E-state index contributed by atoms with van der Waals surface area (Å²) in [5, 5.41) is 22.3. The van der Waals surface area contributed by atoms with Crippen molar-refractivity contribution in [2.45, 2.75) is 69.8 Å². The van der Waals surface area contributed by atoms with Gasteiger partial charge in [0.05, 0.1) is 35.0 Å². The normalized spacial score (nSPS) is 15.3. The van der Waals surface area contributed by atoms with E-state index in [-0.39, 0.29) is 41.5 Å². The molecule has 1 fully saturated rings. The summed E-state index contributed by atoms with van der Waals surface area (Å²) in [5.74, 6) is -0.288. The second-order valence-electron chi connectivity index (χ2n) is 11.8. The van der Waals surface area contributed by atoms with E-state index < -0.39 is 51.7 Å². The Bertz CT molecular complexity index is 1590. The number of aromatic nitrogens is 2. The van der Waals surface area contributed by atoms with E-state index in [2.05, 4.69) is 10.3 Å². The molecule has 1 aromatic heterocycles. The van der Waals surface area contributed by atoms with E-state index >= 15 is 0 Å². The fraction of sp³-hybridized carbons (Fsp3) is 0.467. The fourth-order valence-electron chi connectivity index (χ4n) is 5.05. The van der Waals surface area contributed by atoms with E-state index in [9.17, 15) is 36.6 Å². The van der Waals surface area contributed by atoms with Gasteiger partial charge in [0.2, 0.25) is 0 Å². The summed E-state index contributed by atoms with van der Waals surface area (Å²) in [6.07, 6.45) is -5.20. The van der Waals surface area contributed by atoms with Crippen LogP contribution in [-0.2, 0) is 28.0 Å². The second-order valence-corrected chi connectivity index (χ2v) is 14.1. The van der Waals surface area contributed by atoms with Crippen LogP contribution in [0.25, 0.3) is 0 Å². The van der Waals surface area contributed by atoms with Gasteiger partial charge in [-0.25, -0.2) is 13.4 Å². The Hall–Kier alpha value is -3.42. The van der Waals surface area contributed by atoms with Gasteiger partial charge >= 0.3 is 6.18 Å². The average Bonchev–Trinajstić information content (AvgIpc) is 3.26. The topological polar surface area (TPSA) is 125 Å². The number of nitrogens with zero attached hydrogens (tertiary/aromatic N) is 3. The third-order valence-electron chi connectivity index (χ3n) is 7.57. The minimum atomic E-state index is -4.63. The number of imidazole rings is 1. The Kier molecular flexibility index (Phi) is 9.01. The fourth-order valence-corrected chi connectivity index (χ4v) is 5.93. The molecule has 234 valence electrons. The van der Waals surface area contributed by atoms with Gasteiger partial charge in [-0.15, -0.1) is 0 Å². The van der Waals surface area contributed by atoms with Gasteiger partial charge in [0.15, 0.2) is 9.84 Å². The standard InChI is InChI=1S/C30H37F3N4O5S/c1-6-43(41,42)23-11-8-19(9-12-23)25(17-38)34-27(40)26-18(2)37(28(35-26)29(3,4)5)14-20-7-10-21(36-15-22(39)16-36)13-24(20)30(31,32)33/h7-13,22,25,38-39H,6,14-17H2,1-5H3,(H,34,40)/t25-/m0/s1. The lowest BCUT2D eigenvalue weighted by Crippen LogP contribution is -2.50. The maximum atomic E-state index is 14.2. The molecular formula is C30H37F3N4O5S. The molecule has 1 atom stereocenters. The minimum Gasteiger partial charge on any atom is -0.394 e. The molecule has 0 spiro atoms. The highest BCUT2D eigenvalue weighted by atomic mass is 32.2. The van der Waals surface area contributed by atoms with Gasteiger partial charge in [0, 0.05) is 36.4 Å². The smallest absolute Gasteiger partial charge is 0.394 e. The van der Waals surface area contributed by atoms with Crippen molar-refractivity contribution in [2.24, 2.45) is 0 Å². The van der Waals surface area contributed by atoms with Gasteiger partial charge in [0.1, 0.15) is 11.5 Å². The Morgan fingerprint density at radius 3 is 2.26 bits per heavy atom. The molecule has 0 unspecified atom stereocenters. The quantitative estimate of drug-likeness (QED) is 0.330. The lowest BCUT2D eigenvalue weighted by Gasteiger charge is -2.38. The number of carbonyl (C=O) groups excluding carboxylic acids is 1. The lowest BCUT2D eigenvalue weighted by atomic mass is 9.95. The zero-order valence-corrected chi connectivity index (χ0v) is 25.6. The van der Waals surface area contributed by atoms with Gasteiger partial charge in [-0.3, -0.25) is 4.79 Å². The molecule has 13 heteroatoms. The van der Waals surface area contributed by atoms with E-state index in [0.717, 1.165) is 6.07 Å². The number of benzene rings is 2. The Balaban J connectivity index is 1.66. The summed E-state index contributed by atoms with van der Waals surface area (Å²) >= 11 is 0. The second kappa shape index (κ2) is 11.9. The number of amides is 1. The number of nitrogens with one attached hydrogen (secondary N) is 1. The Labute approximate surface area is 249 Å². The summed E-state index contributed by atoms with van der Waals surface area (Å²) in [5.41, 5.74) is -0.226. The molecule has 3 N–H and O–H groups in total. The Morgan fingerprint density at radius 1 is 1.12 bits per heavy atom. The summed E-state index contributed by atoms with van der Waals surface area (Å²) < 4.78 is 68.5. The number of carbonyl (C=O) groups is 1. The predicted molar refractivity (Wildman–Crippen MR) is 156 cm³/mol. The van der Waals surface area contributed by atoms with E-state index in [1.165, 1.54) is 37.3 Å². The summed E-state index contributed by atoms with van der Waals surface area (Å²) in [6, 6.07) is 9.06. The third-order valence-corrected chi connectivity index (χ3v) is 9.32. The van der Waals surface area contributed by atoms with Crippen LogP contribution in [-0.4, -0.2) is 65.6 Å². The van der Waals surface area contributed by atoms with Crippen molar-refractivity contribution >= 4 is 21.4 Å². The van der Waals surface area contributed by atoms with Crippen molar-refractivity contribution in [3.8, 4) is 0 Å². The molecule has 0 saturated carbocycles. The molecule has 0 radical (unpaired) electrons. The molecule has 43 heavy (non-hydrogen) atoms. The molecule has 2 heterocycles. The number of aliphatic hydroxyl groups is 2. The van der Waals surface area contributed by atoms with Crippen LogP contribution in [0.15, 0.2) is 47.4 Å². The molecule has 0 bridgehead atoms. The number of halogens is 3. The van der Waals surface area contributed by atoms with Crippen LogP contribution in [0.4, 0.5) is 18.9 Å². The molecule has 3 aromatic rings. The molecule has 4 rings (SSSR count). The first-order valence-electron chi connectivity index (χ1n) is 13.9. The Morgan fingerprint density at radius 2 is 1.74 bits per heavy atom. The van der Waals surface area contributed by atoms with Crippen LogP contribution >= 0.6 is 0 Å². The van der Waals surface area contributed by atoms with E-state index in [0.29, 0.717) is 22.8 Å². The van der Waals surface area contributed by atoms with Crippen LogP contribution in [0.1, 0.15) is 72.4 Å². The van der Waals surface area contributed by atoms with Gasteiger partial charge in [0.25, 0.3) is 5.91 Å². The van der Waals surface area contributed by atoms with E-state index in [1.807, 2.05) is 20.8 Å². The van der Waals surface area contributed by atoms with Gasteiger partial charge in [-0.2, -0.15) is 13.2 Å². The SMILES string of the molecule is CCS(=O)(=O)c1ccc([C@H](CO)NC(=O)c2nc(C(C)(C)C)n(Cc3ccc(N4CC(O)C4)cc3C(F)(F)F)c2C)cc1. The number of hydrogen-bond donors (Lipinski definition) is 3. The zero-order chi connectivity index (χ0) is 31.9. The molecule has 2 aromatic carbocycles. The third kappa shape index (κ3) is 6.89. The number of aliphatic hydroxyl groups excluding tert-OH is 2. The number of alkyl halides is 3. The van der Waals surface area contributed by atoms with Crippen LogP contribution in [0.3, 0.4) is 0 Å². The molecule has 1 aliphatic rings. The minimum absolute atomic E-state index is 0.00522. The van der Waals surface area contributed by atoms with Gasteiger partial charge < -0.3 is 25.0 Å². The monoisotopic (exact) mass is 622 g/mol. The molecule has 1 saturated heterocycles. The van der Waals surface area contributed by atoms with Crippen LogP contribution in [0.2, 0.25) is 0 Å². The number of anilines is 1. The first-order chi connectivity index (χ1) is 20.0. The number of β-amino-alcohol motifs (C(OH)–C–C–N with tert-alkyl or cyclic N) is 1. The van der Waals surface area contributed by atoms with Crippen molar-refractivity contribution in [3.05, 3.63) is 76.4 Å². The average molecular weight is 623 g/mol. The van der Waals surface area contributed by atoms with E-state index in [1.54, 1.807) is 22.5 Å². The maximum Gasteiger partial charge on any atom is 0.416 e. The van der Waals surface area contributed by atoms with Crippen LogP contribution in [0.5, 0.6) is 0 Å². The molecular weight excluding hydrogens is 585 g/mol. The maximum absolute atomic E-state index is 14.2. The first kappa shape index (κ1) is 32.5. The van der Waals surface area contributed by atoms with Crippen molar-refractivity contribution in [1.82, 2.24) is 14.9 Å². The molecule has 1 amide bonds. The molecule has 0 aliphatic carbocycles. The molecule has 9 nitrogen and oxygen atoms in total. The van der Waals surface area contributed by atoms with Gasteiger partial charge in [-0.1, -0.05) is 45.9 Å². The zero-order valence-electron chi connectivity index (χ0n) is 24.7.